The Morgan fingerprint density at radius 3 is 1.18 bits per heavy atom. The molecule has 0 bridgehead atoms. The number of nitrogens with two attached hydrogens (primary N) is 1. The van der Waals surface area contributed by atoms with Crippen molar-refractivity contribution in [1.82, 2.24) is 0 Å². The summed E-state index contributed by atoms with van der Waals surface area (Å²) in [5, 5.41) is 9.51. The Balaban J connectivity index is 1.19. The lowest BCUT2D eigenvalue weighted by atomic mass is 9.95. The van der Waals surface area contributed by atoms with Gasteiger partial charge in [-0.15, -0.1) is 0 Å². The van der Waals surface area contributed by atoms with E-state index < -0.39 is 116 Å². The molecule has 19 heteroatoms. The Labute approximate surface area is 470 Å². The fourth-order valence-electron chi connectivity index (χ4n) is 9.01. The van der Waals surface area contributed by atoms with Crippen molar-refractivity contribution in [3.05, 3.63) is 245 Å². The fourth-order valence-corrected chi connectivity index (χ4v) is 9.01. The lowest BCUT2D eigenvalue weighted by molar-refractivity contribution is -0.346. The number of hydrogen-bond donors (Lipinski definition) is 2. The molecule has 2 heterocycles. The average Bonchev–Trinajstić information content (AvgIpc) is 3.33. The van der Waals surface area contributed by atoms with Gasteiger partial charge in [0.1, 0.15) is 30.6 Å². The third kappa shape index (κ3) is 14.4. The molecule has 0 unspecified atom stereocenters. The summed E-state index contributed by atoms with van der Waals surface area (Å²) in [6.07, 6.45) is -17.2. The minimum atomic E-state index is -1.92. The van der Waals surface area contributed by atoms with E-state index in [1.165, 1.54) is 91.9 Å². The van der Waals surface area contributed by atoms with Gasteiger partial charge in [-0.3, -0.25) is 4.79 Å². The van der Waals surface area contributed by atoms with Crippen LogP contribution in [0.5, 0.6) is 5.75 Å². The lowest BCUT2D eigenvalue weighted by Gasteiger charge is -2.48. The molecule has 7 aromatic rings. The van der Waals surface area contributed by atoms with Crippen molar-refractivity contribution < 1.29 is 86.0 Å². The molecule has 2 aliphatic heterocycles. The minimum Gasteiger partial charge on any atom is -0.480 e. The Hall–Kier alpha value is -9.53. The standard InChI is InChI=1S/C63H55NO18/c1-38-49(77-57(68)41-22-10-3-11-23-41)51(79-59(70)43-26-14-5-15-27-43)53(80-60(71)44-28-16-6-17-29-44)62(74-38)82-52-50(78-58(69)42-24-12-4-13-25-42)48(37-73-56(67)40-20-8-2-9-21-40)76-63(54(52)81-61(72)45-30-18-7-19-31-45)75-46-34-32-39(33-35-46)36-47(64)55(65)66/h2-35,38,47-54,62-63H,36-37,64H2,1H3,(H,65,66)/t38-,47-,48+,49-,50-,51+,52-,53+,54+,62-,63+/m0/s1. The third-order valence-electron chi connectivity index (χ3n) is 13.2. The molecule has 2 aliphatic rings. The number of aliphatic carboxylic acids is 1. The van der Waals surface area contributed by atoms with Crippen LogP contribution in [0.2, 0.25) is 0 Å². The summed E-state index contributed by atoms with van der Waals surface area (Å²) in [5.41, 5.74) is 6.83. The third-order valence-corrected chi connectivity index (χ3v) is 13.2. The van der Waals surface area contributed by atoms with Gasteiger partial charge >= 0.3 is 41.8 Å². The fraction of sp³-hybridized carbons (Fsp3) is 0.222. The van der Waals surface area contributed by atoms with Gasteiger partial charge in [-0.2, -0.15) is 0 Å². The second kappa shape index (κ2) is 27.1. The largest absolute Gasteiger partial charge is 0.480 e. The van der Waals surface area contributed by atoms with Crippen LogP contribution in [0, 0.1) is 0 Å². The van der Waals surface area contributed by atoms with Gasteiger partial charge in [0.25, 0.3) is 0 Å². The first-order chi connectivity index (χ1) is 39.8. The molecule has 0 radical (unpaired) electrons. The Morgan fingerprint density at radius 2 is 0.780 bits per heavy atom. The zero-order valence-corrected chi connectivity index (χ0v) is 43.9. The number of carboxylic acids is 1. The molecule has 3 N–H and O–H groups in total. The van der Waals surface area contributed by atoms with Gasteiger partial charge in [-0.25, -0.2) is 28.8 Å². The number of carbonyl (C=O) groups excluding carboxylic acids is 6. The molecule has 2 fully saturated rings. The van der Waals surface area contributed by atoms with Crippen molar-refractivity contribution in [2.45, 2.75) is 80.8 Å². The minimum absolute atomic E-state index is 0.0333. The normalized spacial score (nSPS) is 22.4. The predicted octanol–water partition coefficient (Wildman–Crippen LogP) is 7.86. The van der Waals surface area contributed by atoms with Gasteiger partial charge in [0, 0.05) is 0 Å². The number of carboxylic acid groups (broad SMARTS) is 1. The summed E-state index contributed by atoms with van der Waals surface area (Å²) in [6, 6.07) is 52.1. The molecule has 0 saturated carbocycles. The topological polar surface area (TPSA) is 258 Å². The van der Waals surface area contributed by atoms with Crippen LogP contribution in [-0.2, 0) is 53.8 Å². The monoisotopic (exact) mass is 1110 g/mol. The van der Waals surface area contributed by atoms with E-state index in [4.69, 9.17) is 53.1 Å². The Kier molecular flexibility index (Phi) is 18.9. The molecular weight excluding hydrogens is 1060 g/mol. The molecule has 0 spiro atoms. The zero-order chi connectivity index (χ0) is 57.5. The van der Waals surface area contributed by atoms with Crippen molar-refractivity contribution in [2.24, 2.45) is 5.73 Å². The van der Waals surface area contributed by atoms with Crippen molar-refractivity contribution in [3.8, 4) is 5.75 Å². The number of hydrogen-bond acceptors (Lipinski definition) is 18. The molecule has 19 nitrogen and oxygen atoms in total. The highest BCUT2D eigenvalue weighted by molar-refractivity contribution is 5.92. The first-order valence-electron chi connectivity index (χ1n) is 26.0. The summed E-state index contributed by atoms with van der Waals surface area (Å²) >= 11 is 0. The maximum Gasteiger partial charge on any atom is 0.338 e. The van der Waals surface area contributed by atoms with Crippen LogP contribution in [0.3, 0.4) is 0 Å². The first kappa shape index (κ1) is 57.2. The second-order valence-corrected chi connectivity index (χ2v) is 18.9. The average molecular weight is 1110 g/mol. The highest BCUT2D eigenvalue weighted by Crippen LogP contribution is 2.37. The molecule has 7 aromatic carbocycles. The second-order valence-electron chi connectivity index (χ2n) is 18.9. The van der Waals surface area contributed by atoms with Crippen LogP contribution < -0.4 is 10.5 Å². The van der Waals surface area contributed by atoms with Crippen molar-refractivity contribution in [3.63, 3.8) is 0 Å². The summed E-state index contributed by atoms with van der Waals surface area (Å²) in [5.74, 6) is -6.62. The molecule has 11 atom stereocenters. The van der Waals surface area contributed by atoms with E-state index in [1.54, 1.807) is 121 Å². The van der Waals surface area contributed by atoms with Crippen LogP contribution in [0.1, 0.15) is 74.6 Å². The predicted molar refractivity (Wildman–Crippen MR) is 289 cm³/mol. The van der Waals surface area contributed by atoms with Crippen molar-refractivity contribution in [2.75, 3.05) is 6.61 Å². The SMILES string of the molecule is C[C@@H]1O[C@@H](O[C@H]2[C@@H](OC(=O)c3ccccc3)[C@@H](COC(=O)c3ccccc3)O[C@@H](Oc3ccc(C[C@H](N)C(=O)O)cc3)[C@@H]2OC(=O)c2ccccc2)[C@H](OC(=O)c2ccccc2)[C@H](OC(=O)c2ccccc2)[C@H]1OC(=O)c1ccccc1. The summed E-state index contributed by atoms with van der Waals surface area (Å²) in [6.45, 7) is 0.821. The van der Waals surface area contributed by atoms with E-state index in [0.29, 0.717) is 5.56 Å². The van der Waals surface area contributed by atoms with Gasteiger partial charge in [-0.05, 0) is 104 Å². The highest BCUT2D eigenvalue weighted by atomic mass is 16.8. The van der Waals surface area contributed by atoms with Crippen LogP contribution in [0.4, 0.5) is 0 Å². The van der Waals surface area contributed by atoms with E-state index in [1.807, 2.05) is 0 Å². The summed E-state index contributed by atoms with van der Waals surface area (Å²) in [4.78, 5) is 97.2. The number of benzene rings is 7. The van der Waals surface area contributed by atoms with Crippen molar-refractivity contribution >= 4 is 41.8 Å². The van der Waals surface area contributed by atoms with E-state index in [9.17, 15) is 38.7 Å². The van der Waals surface area contributed by atoms with E-state index in [0.717, 1.165) is 0 Å². The van der Waals surface area contributed by atoms with Gasteiger partial charge in [-0.1, -0.05) is 121 Å². The maximum atomic E-state index is 14.5. The molecule has 0 aliphatic carbocycles. The highest BCUT2D eigenvalue weighted by Gasteiger charge is 2.58. The van der Waals surface area contributed by atoms with Gasteiger partial charge < -0.3 is 58.2 Å². The lowest BCUT2D eigenvalue weighted by Crippen LogP contribution is -2.67. The number of esters is 6. The van der Waals surface area contributed by atoms with Crippen LogP contribution in [0.15, 0.2) is 206 Å². The van der Waals surface area contributed by atoms with Gasteiger partial charge in [0.15, 0.2) is 36.8 Å². The van der Waals surface area contributed by atoms with Crippen LogP contribution in [0.25, 0.3) is 0 Å². The smallest absolute Gasteiger partial charge is 0.338 e. The molecule has 82 heavy (non-hydrogen) atoms. The number of rotatable bonds is 20. The number of carbonyl (C=O) groups is 7. The Morgan fingerprint density at radius 1 is 0.427 bits per heavy atom. The van der Waals surface area contributed by atoms with Crippen LogP contribution in [-0.4, -0.2) is 121 Å². The van der Waals surface area contributed by atoms with E-state index >= 15 is 0 Å². The van der Waals surface area contributed by atoms with Gasteiger partial charge in [0.05, 0.1) is 39.5 Å². The molecular formula is C63H55NO18. The summed E-state index contributed by atoms with van der Waals surface area (Å²) in [7, 11) is 0. The first-order valence-corrected chi connectivity index (χ1v) is 26.0. The van der Waals surface area contributed by atoms with E-state index in [-0.39, 0.29) is 45.6 Å². The van der Waals surface area contributed by atoms with Crippen LogP contribution >= 0.6 is 0 Å². The molecule has 9 rings (SSSR count). The van der Waals surface area contributed by atoms with E-state index in [2.05, 4.69) is 0 Å². The Bertz CT molecular complexity index is 3280. The zero-order valence-electron chi connectivity index (χ0n) is 43.9. The van der Waals surface area contributed by atoms with Gasteiger partial charge in [0.2, 0.25) is 6.29 Å². The molecule has 0 aromatic heterocycles. The molecule has 2 saturated heterocycles. The number of ether oxygens (including phenoxy) is 10. The molecule has 420 valence electrons. The maximum absolute atomic E-state index is 14.5. The van der Waals surface area contributed by atoms with Crippen molar-refractivity contribution in [1.29, 1.82) is 0 Å². The molecule has 0 amide bonds. The quantitative estimate of drug-likeness (QED) is 0.0544. The summed E-state index contributed by atoms with van der Waals surface area (Å²) < 4.78 is 64.1.